The van der Waals surface area contributed by atoms with Gasteiger partial charge in [0.25, 0.3) is 0 Å². The molecule has 0 saturated heterocycles. The van der Waals surface area contributed by atoms with Gasteiger partial charge >= 0.3 is 6.18 Å². The maximum atomic E-state index is 12.5. The number of para-hydroxylation sites is 1. The van der Waals surface area contributed by atoms with Crippen LogP contribution in [0.15, 0.2) is 23.2 Å². The number of nitrogens with zero attached hydrogens (tertiary/aromatic N) is 1. The van der Waals surface area contributed by atoms with Gasteiger partial charge in [-0.3, -0.25) is 4.99 Å². The van der Waals surface area contributed by atoms with Gasteiger partial charge in [0, 0.05) is 12.1 Å². The van der Waals surface area contributed by atoms with Crippen LogP contribution < -0.4 is 0 Å². The summed E-state index contributed by atoms with van der Waals surface area (Å²) in [7, 11) is 0. The second-order valence-electron chi connectivity index (χ2n) is 3.33. The molecule has 4 heteroatoms. The van der Waals surface area contributed by atoms with Gasteiger partial charge in [-0.05, 0) is 18.6 Å². The number of hydrogen-bond donors (Lipinski definition) is 0. The molecule has 0 unspecified atom stereocenters. The molecule has 0 aromatic heterocycles. The van der Waals surface area contributed by atoms with E-state index in [-0.39, 0.29) is 5.69 Å². The molecule has 0 saturated carbocycles. The summed E-state index contributed by atoms with van der Waals surface area (Å²) in [6, 6.07) is 4.18. The third-order valence-corrected chi connectivity index (χ3v) is 2.17. The van der Waals surface area contributed by atoms with Crippen LogP contribution in [-0.4, -0.2) is 5.71 Å². The zero-order valence-corrected chi connectivity index (χ0v) is 7.52. The summed E-state index contributed by atoms with van der Waals surface area (Å²) in [6.45, 7) is 1.74. The summed E-state index contributed by atoms with van der Waals surface area (Å²) in [4.78, 5) is 3.92. The number of benzene rings is 1. The summed E-state index contributed by atoms with van der Waals surface area (Å²) in [5, 5.41) is 0. The molecule has 74 valence electrons. The van der Waals surface area contributed by atoms with Crippen LogP contribution in [0.3, 0.4) is 0 Å². The molecule has 1 nitrogen and oxygen atoms in total. The predicted molar refractivity (Wildman–Crippen MR) is 47.9 cm³/mol. The Labute approximate surface area is 79.3 Å². The minimum Gasteiger partial charge on any atom is -0.257 e. The molecular weight excluding hydrogens is 191 g/mol. The van der Waals surface area contributed by atoms with Crippen molar-refractivity contribution in [3.05, 3.63) is 29.3 Å². The van der Waals surface area contributed by atoms with Gasteiger partial charge in [0.2, 0.25) is 0 Å². The lowest BCUT2D eigenvalue weighted by molar-refractivity contribution is -0.137. The van der Waals surface area contributed by atoms with E-state index in [1.807, 2.05) is 0 Å². The molecule has 0 amide bonds. The van der Waals surface area contributed by atoms with Gasteiger partial charge in [-0.1, -0.05) is 12.1 Å². The molecule has 1 aromatic carbocycles. The smallest absolute Gasteiger partial charge is 0.257 e. The van der Waals surface area contributed by atoms with Gasteiger partial charge in [0.15, 0.2) is 0 Å². The lowest BCUT2D eigenvalue weighted by Gasteiger charge is -2.09. The first-order valence-corrected chi connectivity index (χ1v) is 4.22. The zero-order chi connectivity index (χ0) is 10.3. The molecule has 0 atom stereocenters. The maximum Gasteiger partial charge on any atom is 0.418 e. The molecule has 14 heavy (non-hydrogen) atoms. The summed E-state index contributed by atoms with van der Waals surface area (Å²) >= 11 is 0. The predicted octanol–water partition coefficient (Wildman–Crippen LogP) is 3.35. The first kappa shape index (κ1) is 9.24. The second-order valence-corrected chi connectivity index (χ2v) is 3.33. The molecule has 1 aliphatic rings. The van der Waals surface area contributed by atoms with Gasteiger partial charge in [-0.25, -0.2) is 0 Å². The van der Waals surface area contributed by atoms with Gasteiger partial charge in [-0.2, -0.15) is 13.2 Å². The van der Waals surface area contributed by atoms with Crippen LogP contribution in [0.4, 0.5) is 18.9 Å². The number of alkyl halides is 3. The van der Waals surface area contributed by atoms with Crippen molar-refractivity contribution in [2.75, 3.05) is 0 Å². The number of halogens is 3. The normalized spacial score (nSPS) is 15.3. The highest BCUT2D eigenvalue weighted by molar-refractivity contribution is 5.92. The minimum atomic E-state index is -4.31. The van der Waals surface area contributed by atoms with Crippen LogP contribution in [-0.2, 0) is 12.6 Å². The number of hydrogen-bond acceptors (Lipinski definition) is 1. The van der Waals surface area contributed by atoms with Crippen molar-refractivity contribution in [1.29, 1.82) is 0 Å². The summed E-state index contributed by atoms with van der Waals surface area (Å²) < 4.78 is 37.5. The highest BCUT2D eigenvalue weighted by Crippen LogP contribution is 2.40. The molecule has 2 rings (SSSR count). The van der Waals surface area contributed by atoms with Crippen molar-refractivity contribution in [3.8, 4) is 0 Å². The summed E-state index contributed by atoms with van der Waals surface area (Å²) in [5.74, 6) is 0. The number of fused-ring (bicyclic) bond motifs is 1. The fraction of sp³-hybridized carbons (Fsp3) is 0.300. The fourth-order valence-corrected chi connectivity index (χ4v) is 1.60. The molecule has 0 aliphatic carbocycles. The van der Waals surface area contributed by atoms with E-state index in [4.69, 9.17) is 0 Å². The monoisotopic (exact) mass is 199 g/mol. The highest BCUT2D eigenvalue weighted by atomic mass is 19.4. The van der Waals surface area contributed by atoms with Gasteiger partial charge < -0.3 is 0 Å². The lowest BCUT2D eigenvalue weighted by Crippen LogP contribution is -2.05. The Balaban J connectivity index is 2.59. The standard InChI is InChI=1S/C10H8F3N/c1-6-5-7-3-2-4-8(9(7)14-6)10(11,12)13/h2-4H,5H2,1H3. The molecule has 0 radical (unpaired) electrons. The topological polar surface area (TPSA) is 12.4 Å². The van der Waals surface area contributed by atoms with Crippen LogP contribution in [0.5, 0.6) is 0 Å². The van der Waals surface area contributed by atoms with Crippen molar-refractivity contribution in [2.45, 2.75) is 19.5 Å². The fourth-order valence-electron chi connectivity index (χ4n) is 1.60. The van der Waals surface area contributed by atoms with Gasteiger partial charge in [0.1, 0.15) is 0 Å². The third-order valence-electron chi connectivity index (χ3n) is 2.17. The van der Waals surface area contributed by atoms with E-state index in [2.05, 4.69) is 4.99 Å². The first-order chi connectivity index (χ1) is 6.48. The van der Waals surface area contributed by atoms with E-state index in [1.54, 1.807) is 13.0 Å². The Morgan fingerprint density at radius 1 is 1.29 bits per heavy atom. The van der Waals surface area contributed by atoms with Crippen LogP contribution >= 0.6 is 0 Å². The van der Waals surface area contributed by atoms with Gasteiger partial charge in [-0.15, -0.1) is 0 Å². The average molecular weight is 199 g/mol. The second kappa shape index (κ2) is 2.83. The van der Waals surface area contributed by atoms with E-state index in [0.717, 1.165) is 11.8 Å². The minimum absolute atomic E-state index is 0.0949. The quantitative estimate of drug-likeness (QED) is 0.607. The first-order valence-electron chi connectivity index (χ1n) is 4.22. The van der Waals surface area contributed by atoms with E-state index < -0.39 is 11.7 Å². The van der Waals surface area contributed by atoms with Crippen LogP contribution in [0.1, 0.15) is 18.1 Å². The Hall–Kier alpha value is -1.32. The van der Waals surface area contributed by atoms with Crippen molar-refractivity contribution >= 4 is 11.4 Å². The Bertz CT molecular complexity index is 404. The van der Waals surface area contributed by atoms with Crippen LogP contribution in [0.2, 0.25) is 0 Å². The summed E-state index contributed by atoms with van der Waals surface area (Å²) in [6.07, 6.45) is -3.78. The lowest BCUT2D eigenvalue weighted by atomic mass is 10.1. The Morgan fingerprint density at radius 3 is 2.64 bits per heavy atom. The number of aliphatic imine (C=N–C) groups is 1. The van der Waals surface area contributed by atoms with Crippen molar-refractivity contribution < 1.29 is 13.2 Å². The Morgan fingerprint density at radius 2 is 2.00 bits per heavy atom. The van der Waals surface area contributed by atoms with Crippen molar-refractivity contribution in [1.82, 2.24) is 0 Å². The maximum absolute atomic E-state index is 12.5. The van der Waals surface area contributed by atoms with E-state index in [0.29, 0.717) is 12.0 Å². The number of rotatable bonds is 0. The van der Waals surface area contributed by atoms with Crippen molar-refractivity contribution in [3.63, 3.8) is 0 Å². The molecule has 0 fully saturated rings. The van der Waals surface area contributed by atoms with Gasteiger partial charge in [0.05, 0.1) is 11.3 Å². The molecule has 1 heterocycles. The van der Waals surface area contributed by atoms with Crippen LogP contribution in [0, 0.1) is 0 Å². The largest absolute Gasteiger partial charge is 0.418 e. The highest BCUT2D eigenvalue weighted by Gasteiger charge is 2.35. The molecular formula is C10H8F3N. The molecule has 1 aromatic rings. The van der Waals surface area contributed by atoms with E-state index in [9.17, 15) is 13.2 Å². The summed E-state index contributed by atoms with van der Waals surface area (Å²) in [5.41, 5.74) is 0.860. The van der Waals surface area contributed by atoms with Crippen LogP contribution in [0.25, 0.3) is 0 Å². The molecule has 1 aliphatic heterocycles. The van der Waals surface area contributed by atoms with E-state index >= 15 is 0 Å². The Kier molecular flexibility index (Phi) is 1.87. The third kappa shape index (κ3) is 1.41. The molecule has 0 spiro atoms. The van der Waals surface area contributed by atoms with Crippen molar-refractivity contribution in [2.24, 2.45) is 4.99 Å². The zero-order valence-electron chi connectivity index (χ0n) is 7.52. The average Bonchev–Trinajstić information content (AvgIpc) is 2.41. The molecule has 0 bridgehead atoms. The van der Waals surface area contributed by atoms with E-state index in [1.165, 1.54) is 6.07 Å². The molecule has 0 N–H and O–H groups in total. The SMILES string of the molecule is CC1=Nc2c(cccc2C(F)(F)F)C1.